The fourth-order valence-corrected chi connectivity index (χ4v) is 4.50. The average Bonchev–Trinajstić information content (AvgIpc) is 3.20. The highest BCUT2D eigenvalue weighted by molar-refractivity contribution is 6.00. The molecule has 2 saturated heterocycles. The molecule has 0 saturated carbocycles. The van der Waals surface area contributed by atoms with Crippen molar-refractivity contribution in [1.29, 1.82) is 0 Å². The van der Waals surface area contributed by atoms with E-state index in [-0.39, 0.29) is 17.7 Å². The van der Waals surface area contributed by atoms with Crippen LogP contribution in [0.5, 0.6) is 5.75 Å². The summed E-state index contributed by atoms with van der Waals surface area (Å²) in [5, 5.41) is 0. The van der Waals surface area contributed by atoms with Gasteiger partial charge in [-0.3, -0.25) is 9.59 Å². The Hall–Kier alpha value is -3.02. The minimum atomic E-state index is -0.264. The van der Waals surface area contributed by atoms with Gasteiger partial charge in [-0.2, -0.15) is 0 Å². The van der Waals surface area contributed by atoms with E-state index in [1.54, 1.807) is 12.0 Å². The Balaban J connectivity index is 1.40. The van der Waals surface area contributed by atoms with Crippen molar-refractivity contribution >= 4 is 23.2 Å². The summed E-state index contributed by atoms with van der Waals surface area (Å²) >= 11 is 0. The molecule has 2 aliphatic rings. The first kappa shape index (κ1) is 20.3. The van der Waals surface area contributed by atoms with Gasteiger partial charge in [-0.05, 0) is 30.2 Å². The Kier molecular flexibility index (Phi) is 5.93. The van der Waals surface area contributed by atoms with E-state index in [1.807, 2.05) is 41.3 Å². The number of rotatable bonds is 5. The third kappa shape index (κ3) is 3.86. The Morgan fingerprint density at radius 2 is 1.67 bits per heavy atom. The number of methoxy groups -OCH3 is 1. The van der Waals surface area contributed by atoms with Gasteiger partial charge in [-0.1, -0.05) is 37.3 Å². The number of aryl methyl sites for hydroxylation is 1. The van der Waals surface area contributed by atoms with E-state index in [0.29, 0.717) is 26.1 Å². The van der Waals surface area contributed by atoms with Crippen molar-refractivity contribution in [3.63, 3.8) is 0 Å². The number of hydrogen-bond donors (Lipinski definition) is 0. The third-order valence-corrected chi connectivity index (χ3v) is 6.15. The van der Waals surface area contributed by atoms with Crippen molar-refractivity contribution in [2.45, 2.75) is 19.8 Å². The van der Waals surface area contributed by atoms with Crippen LogP contribution in [0.2, 0.25) is 0 Å². The number of piperazine rings is 1. The number of anilines is 2. The number of nitrogens with zero attached hydrogens (tertiary/aromatic N) is 3. The van der Waals surface area contributed by atoms with Crippen LogP contribution in [-0.4, -0.2) is 56.5 Å². The molecule has 0 N–H and O–H groups in total. The van der Waals surface area contributed by atoms with E-state index in [0.717, 1.165) is 42.2 Å². The van der Waals surface area contributed by atoms with Crippen molar-refractivity contribution in [2.75, 3.05) is 49.6 Å². The zero-order valence-electron chi connectivity index (χ0n) is 17.7. The molecule has 0 aliphatic carbocycles. The molecular formula is C24H29N3O3. The van der Waals surface area contributed by atoms with Crippen LogP contribution in [-0.2, 0) is 16.0 Å². The second kappa shape index (κ2) is 8.78. The third-order valence-electron chi connectivity index (χ3n) is 6.15. The second-order valence-corrected chi connectivity index (χ2v) is 7.87. The predicted molar refractivity (Wildman–Crippen MR) is 118 cm³/mol. The first-order chi connectivity index (χ1) is 14.6. The van der Waals surface area contributed by atoms with Gasteiger partial charge in [-0.25, -0.2) is 0 Å². The first-order valence-corrected chi connectivity index (χ1v) is 10.7. The lowest BCUT2D eigenvalue weighted by molar-refractivity contribution is -0.136. The molecule has 158 valence electrons. The van der Waals surface area contributed by atoms with E-state index >= 15 is 0 Å². The highest BCUT2D eigenvalue weighted by Crippen LogP contribution is 2.31. The highest BCUT2D eigenvalue weighted by atomic mass is 16.5. The van der Waals surface area contributed by atoms with Gasteiger partial charge in [0.2, 0.25) is 11.8 Å². The minimum absolute atomic E-state index is 0.0434. The van der Waals surface area contributed by atoms with Crippen LogP contribution in [0.25, 0.3) is 0 Å². The molecule has 2 fully saturated rings. The van der Waals surface area contributed by atoms with Crippen molar-refractivity contribution in [3.05, 3.63) is 54.1 Å². The summed E-state index contributed by atoms with van der Waals surface area (Å²) in [6.45, 7) is 5.40. The first-order valence-electron chi connectivity index (χ1n) is 10.7. The molecule has 0 unspecified atom stereocenters. The second-order valence-electron chi connectivity index (χ2n) is 7.87. The monoisotopic (exact) mass is 407 g/mol. The average molecular weight is 408 g/mol. The largest absolute Gasteiger partial charge is 0.495 e. The molecule has 2 heterocycles. The molecule has 0 spiro atoms. The van der Waals surface area contributed by atoms with Gasteiger partial charge in [0.15, 0.2) is 0 Å². The Labute approximate surface area is 178 Å². The zero-order chi connectivity index (χ0) is 21.1. The molecular weight excluding hydrogens is 378 g/mol. The maximum absolute atomic E-state index is 13.1. The van der Waals surface area contributed by atoms with Gasteiger partial charge in [-0.15, -0.1) is 0 Å². The van der Waals surface area contributed by atoms with Gasteiger partial charge >= 0.3 is 0 Å². The normalized spacial score (nSPS) is 19.3. The lowest BCUT2D eigenvalue weighted by Crippen LogP contribution is -2.50. The van der Waals surface area contributed by atoms with Crippen LogP contribution in [0, 0.1) is 5.92 Å². The SMILES string of the molecule is CCc1ccccc1N1C[C@H](C(=O)N2CCN(c3ccccc3OC)CC2)CC1=O. The summed E-state index contributed by atoms with van der Waals surface area (Å²) in [7, 11) is 1.68. The molecule has 2 aromatic rings. The molecule has 1 atom stereocenters. The number of ether oxygens (including phenoxy) is 1. The summed E-state index contributed by atoms with van der Waals surface area (Å²) in [4.78, 5) is 31.8. The molecule has 2 amide bonds. The quantitative estimate of drug-likeness (QED) is 0.765. The Bertz CT molecular complexity index is 921. The fourth-order valence-electron chi connectivity index (χ4n) is 4.50. The molecule has 0 bridgehead atoms. The topological polar surface area (TPSA) is 53.1 Å². The van der Waals surface area contributed by atoms with Crippen LogP contribution in [0.15, 0.2) is 48.5 Å². The molecule has 6 nitrogen and oxygen atoms in total. The molecule has 4 rings (SSSR count). The van der Waals surface area contributed by atoms with E-state index < -0.39 is 0 Å². The van der Waals surface area contributed by atoms with E-state index in [9.17, 15) is 9.59 Å². The zero-order valence-corrected chi connectivity index (χ0v) is 17.7. The molecule has 0 radical (unpaired) electrons. The van der Waals surface area contributed by atoms with Crippen LogP contribution in [0.1, 0.15) is 18.9 Å². The van der Waals surface area contributed by atoms with Crippen molar-refractivity contribution in [2.24, 2.45) is 5.92 Å². The van der Waals surface area contributed by atoms with Crippen LogP contribution >= 0.6 is 0 Å². The number of carbonyl (C=O) groups is 2. The summed E-state index contributed by atoms with van der Waals surface area (Å²) in [6.07, 6.45) is 1.16. The summed E-state index contributed by atoms with van der Waals surface area (Å²) in [5.41, 5.74) is 3.15. The van der Waals surface area contributed by atoms with Crippen molar-refractivity contribution in [3.8, 4) is 5.75 Å². The van der Waals surface area contributed by atoms with Crippen molar-refractivity contribution < 1.29 is 14.3 Å². The minimum Gasteiger partial charge on any atom is -0.495 e. The maximum atomic E-state index is 13.1. The Morgan fingerprint density at radius 3 is 2.37 bits per heavy atom. The van der Waals surface area contributed by atoms with Crippen LogP contribution < -0.4 is 14.5 Å². The summed E-state index contributed by atoms with van der Waals surface area (Å²) in [6, 6.07) is 15.9. The van der Waals surface area contributed by atoms with E-state index in [1.165, 1.54) is 0 Å². The number of carbonyl (C=O) groups excluding carboxylic acids is 2. The lowest BCUT2D eigenvalue weighted by Gasteiger charge is -2.37. The lowest BCUT2D eigenvalue weighted by atomic mass is 10.1. The number of benzene rings is 2. The van der Waals surface area contributed by atoms with Gasteiger partial charge < -0.3 is 19.4 Å². The number of amides is 2. The van der Waals surface area contributed by atoms with Gasteiger partial charge in [0, 0.05) is 44.8 Å². The fraction of sp³-hybridized carbons (Fsp3) is 0.417. The predicted octanol–water partition coefficient (Wildman–Crippen LogP) is 2.96. The van der Waals surface area contributed by atoms with E-state index in [4.69, 9.17) is 4.74 Å². The molecule has 0 aromatic heterocycles. The van der Waals surface area contributed by atoms with Gasteiger partial charge in [0.05, 0.1) is 18.7 Å². The maximum Gasteiger partial charge on any atom is 0.228 e. The molecule has 6 heteroatoms. The standard InChI is InChI=1S/C24H29N3O3/c1-3-18-8-4-5-9-20(18)27-17-19(16-23(27)28)24(29)26-14-12-25(13-15-26)21-10-6-7-11-22(21)30-2/h4-11,19H,3,12-17H2,1-2H3/t19-/m1/s1. The number of para-hydroxylation sites is 3. The van der Waals surface area contributed by atoms with E-state index in [2.05, 4.69) is 24.0 Å². The smallest absolute Gasteiger partial charge is 0.228 e. The van der Waals surface area contributed by atoms with Crippen molar-refractivity contribution in [1.82, 2.24) is 4.90 Å². The molecule has 2 aromatic carbocycles. The van der Waals surface area contributed by atoms with Crippen LogP contribution in [0.4, 0.5) is 11.4 Å². The summed E-state index contributed by atoms with van der Waals surface area (Å²) < 4.78 is 5.47. The number of hydrogen-bond acceptors (Lipinski definition) is 4. The highest BCUT2D eigenvalue weighted by Gasteiger charge is 2.38. The molecule has 30 heavy (non-hydrogen) atoms. The Morgan fingerprint density at radius 1 is 1.00 bits per heavy atom. The molecule has 2 aliphatic heterocycles. The van der Waals surface area contributed by atoms with Gasteiger partial charge in [0.1, 0.15) is 5.75 Å². The van der Waals surface area contributed by atoms with Crippen LogP contribution in [0.3, 0.4) is 0 Å². The van der Waals surface area contributed by atoms with Gasteiger partial charge in [0.25, 0.3) is 0 Å². The summed E-state index contributed by atoms with van der Waals surface area (Å²) in [5.74, 6) is 0.727.